The van der Waals surface area contributed by atoms with Gasteiger partial charge in [-0.3, -0.25) is 9.88 Å². The van der Waals surface area contributed by atoms with Gasteiger partial charge in [-0.15, -0.1) is 0 Å². The van der Waals surface area contributed by atoms with Crippen LogP contribution >= 0.6 is 0 Å². The van der Waals surface area contributed by atoms with Crippen LogP contribution in [-0.4, -0.2) is 57.6 Å². The van der Waals surface area contributed by atoms with Crippen LogP contribution in [0, 0.1) is 11.6 Å². The third-order valence-corrected chi connectivity index (χ3v) is 5.49. The van der Waals surface area contributed by atoms with Gasteiger partial charge < -0.3 is 9.88 Å². The summed E-state index contributed by atoms with van der Waals surface area (Å²) in [6.45, 7) is 4.26. The number of hydrogen-bond donors (Lipinski definition) is 1. The Bertz CT molecular complexity index is 1170. The molecule has 1 aliphatic rings. The molecule has 0 aliphatic carbocycles. The molecule has 0 amide bonds. The normalized spacial score (nSPS) is 15.4. The summed E-state index contributed by atoms with van der Waals surface area (Å²) in [5, 5.41) is 0. The Morgan fingerprint density at radius 2 is 1.79 bits per heavy atom. The van der Waals surface area contributed by atoms with Crippen molar-refractivity contribution in [3.63, 3.8) is 0 Å². The highest BCUT2D eigenvalue weighted by atomic mass is 19.2. The summed E-state index contributed by atoms with van der Waals surface area (Å²) in [4.78, 5) is 21.4. The van der Waals surface area contributed by atoms with Crippen molar-refractivity contribution in [2.75, 3.05) is 37.6 Å². The molecular formula is C21H20F2N6. The summed E-state index contributed by atoms with van der Waals surface area (Å²) < 4.78 is 26.4. The highest BCUT2D eigenvalue weighted by molar-refractivity contribution is 6.05. The van der Waals surface area contributed by atoms with Gasteiger partial charge in [0, 0.05) is 38.9 Å². The van der Waals surface area contributed by atoms with Crippen LogP contribution in [0.4, 0.5) is 14.6 Å². The molecule has 5 rings (SSSR count). The Labute approximate surface area is 166 Å². The van der Waals surface area contributed by atoms with Gasteiger partial charge >= 0.3 is 0 Å². The fourth-order valence-corrected chi connectivity index (χ4v) is 3.91. The first-order valence-electron chi connectivity index (χ1n) is 9.68. The number of aromatic amines is 1. The average Bonchev–Trinajstić information content (AvgIpc) is 3.14. The van der Waals surface area contributed by atoms with E-state index in [-0.39, 0.29) is 0 Å². The molecule has 1 saturated heterocycles. The zero-order valence-electron chi connectivity index (χ0n) is 15.8. The Morgan fingerprint density at radius 3 is 2.62 bits per heavy atom. The standard InChI is InChI=1S/C21H20F2N6/c22-15-4-3-14(12-16(15)23)5-7-28-8-10-29(11-9-28)21-20-19(25-13-26-21)18-17(27-20)2-1-6-24-18/h1-4,6,12-13,27H,5,7-11H2. The zero-order chi connectivity index (χ0) is 19.8. The number of piperazine rings is 1. The highest BCUT2D eigenvalue weighted by Gasteiger charge is 2.21. The van der Waals surface area contributed by atoms with Crippen LogP contribution in [0.5, 0.6) is 0 Å². The summed E-state index contributed by atoms with van der Waals surface area (Å²) in [5.74, 6) is -0.688. The SMILES string of the molecule is Fc1ccc(CCN2CCN(c3ncnc4c3[nH]c3cccnc34)CC2)cc1F. The second-order valence-corrected chi connectivity index (χ2v) is 7.27. The maximum Gasteiger partial charge on any atom is 0.159 e. The van der Waals surface area contributed by atoms with Crippen LogP contribution in [0.2, 0.25) is 0 Å². The van der Waals surface area contributed by atoms with Crippen LogP contribution in [0.1, 0.15) is 5.56 Å². The number of H-pyrrole nitrogens is 1. The first kappa shape index (κ1) is 17.9. The first-order valence-corrected chi connectivity index (χ1v) is 9.68. The van der Waals surface area contributed by atoms with E-state index < -0.39 is 11.6 Å². The molecule has 0 saturated carbocycles. The van der Waals surface area contributed by atoms with Crippen molar-refractivity contribution in [2.45, 2.75) is 6.42 Å². The van der Waals surface area contributed by atoms with E-state index in [0.717, 1.165) is 66.2 Å². The van der Waals surface area contributed by atoms with E-state index in [4.69, 9.17) is 0 Å². The summed E-state index contributed by atoms with van der Waals surface area (Å²) >= 11 is 0. The Morgan fingerprint density at radius 1 is 0.931 bits per heavy atom. The Hall–Kier alpha value is -3.13. The molecule has 148 valence electrons. The minimum atomic E-state index is -0.800. The second kappa shape index (κ2) is 7.36. The molecule has 6 nitrogen and oxygen atoms in total. The van der Waals surface area contributed by atoms with Crippen LogP contribution in [-0.2, 0) is 6.42 Å². The van der Waals surface area contributed by atoms with E-state index in [0.29, 0.717) is 6.42 Å². The number of anilines is 1. The lowest BCUT2D eigenvalue weighted by molar-refractivity contribution is 0.260. The van der Waals surface area contributed by atoms with E-state index in [2.05, 4.69) is 29.7 Å². The van der Waals surface area contributed by atoms with E-state index in [1.807, 2.05) is 12.1 Å². The number of benzene rings is 1. The molecule has 4 heterocycles. The van der Waals surface area contributed by atoms with E-state index in [1.165, 1.54) is 12.1 Å². The molecule has 0 atom stereocenters. The molecule has 8 heteroatoms. The largest absolute Gasteiger partial charge is 0.352 e. The molecule has 0 spiro atoms. The minimum Gasteiger partial charge on any atom is -0.352 e. The molecule has 3 aromatic heterocycles. The van der Waals surface area contributed by atoms with Crippen molar-refractivity contribution in [2.24, 2.45) is 0 Å². The van der Waals surface area contributed by atoms with Crippen LogP contribution in [0.15, 0.2) is 42.9 Å². The van der Waals surface area contributed by atoms with Crippen molar-refractivity contribution in [1.82, 2.24) is 24.8 Å². The number of hydrogen-bond acceptors (Lipinski definition) is 5. The monoisotopic (exact) mass is 394 g/mol. The van der Waals surface area contributed by atoms with Gasteiger partial charge in [0.25, 0.3) is 0 Å². The van der Waals surface area contributed by atoms with Gasteiger partial charge in [-0.05, 0) is 36.2 Å². The number of fused-ring (bicyclic) bond motifs is 3. The number of rotatable bonds is 4. The van der Waals surface area contributed by atoms with Crippen molar-refractivity contribution in [1.29, 1.82) is 0 Å². The number of nitrogens with zero attached hydrogens (tertiary/aromatic N) is 5. The van der Waals surface area contributed by atoms with Gasteiger partial charge in [0.15, 0.2) is 17.5 Å². The van der Waals surface area contributed by atoms with E-state index >= 15 is 0 Å². The average molecular weight is 394 g/mol. The number of pyridine rings is 1. The number of halogens is 2. The van der Waals surface area contributed by atoms with E-state index in [1.54, 1.807) is 18.6 Å². The van der Waals surface area contributed by atoms with Gasteiger partial charge in [-0.2, -0.15) is 0 Å². The maximum atomic E-state index is 13.4. The predicted molar refractivity (Wildman–Crippen MR) is 108 cm³/mol. The lowest BCUT2D eigenvalue weighted by atomic mass is 10.1. The molecule has 0 unspecified atom stereocenters. The lowest BCUT2D eigenvalue weighted by Gasteiger charge is -2.35. The van der Waals surface area contributed by atoms with Gasteiger partial charge in [-0.1, -0.05) is 6.07 Å². The summed E-state index contributed by atoms with van der Waals surface area (Å²) in [7, 11) is 0. The zero-order valence-corrected chi connectivity index (χ0v) is 15.8. The van der Waals surface area contributed by atoms with Gasteiger partial charge in [0.2, 0.25) is 0 Å². The van der Waals surface area contributed by atoms with Gasteiger partial charge in [0.05, 0.1) is 5.52 Å². The first-order chi connectivity index (χ1) is 14.2. The molecule has 0 radical (unpaired) electrons. The smallest absolute Gasteiger partial charge is 0.159 e. The quantitative estimate of drug-likeness (QED) is 0.576. The molecule has 1 aliphatic heterocycles. The highest BCUT2D eigenvalue weighted by Crippen LogP contribution is 2.28. The topological polar surface area (TPSA) is 60.9 Å². The molecule has 1 fully saturated rings. The summed E-state index contributed by atoms with van der Waals surface area (Å²) in [5.41, 5.74) is 4.38. The third-order valence-electron chi connectivity index (χ3n) is 5.49. The van der Waals surface area contributed by atoms with Crippen LogP contribution in [0.3, 0.4) is 0 Å². The van der Waals surface area contributed by atoms with Gasteiger partial charge in [-0.25, -0.2) is 18.7 Å². The Balaban J connectivity index is 1.27. The van der Waals surface area contributed by atoms with Crippen molar-refractivity contribution in [3.05, 3.63) is 60.1 Å². The Kier molecular flexibility index (Phi) is 4.55. The molecule has 1 aromatic carbocycles. The molecular weight excluding hydrogens is 374 g/mol. The van der Waals surface area contributed by atoms with Crippen molar-refractivity contribution < 1.29 is 8.78 Å². The van der Waals surface area contributed by atoms with Crippen molar-refractivity contribution >= 4 is 27.9 Å². The van der Waals surface area contributed by atoms with Crippen LogP contribution < -0.4 is 4.90 Å². The fourth-order valence-electron chi connectivity index (χ4n) is 3.91. The second-order valence-electron chi connectivity index (χ2n) is 7.27. The number of aromatic nitrogens is 4. The summed E-state index contributed by atoms with van der Waals surface area (Å²) in [6.07, 6.45) is 4.06. The maximum absolute atomic E-state index is 13.4. The molecule has 0 bridgehead atoms. The van der Waals surface area contributed by atoms with E-state index in [9.17, 15) is 8.78 Å². The minimum absolute atomic E-state index is 0.697. The predicted octanol–water partition coefficient (Wildman–Crippen LogP) is 3.15. The third kappa shape index (κ3) is 3.40. The van der Waals surface area contributed by atoms with Crippen LogP contribution in [0.25, 0.3) is 22.1 Å². The molecule has 4 aromatic rings. The fraction of sp³-hybridized carbons (Fsp3) is 0.286. The van der Waals surface area contributed by atoms with Gasteiger partial charge in [0.1, 0.15) is 22.9 Å². The lowest BCUT2D eigenvalue weighted by Crippen LogP contribution is -2.47. The number of nitrogens with one attached hydrogen (secondary N) is 1. The van der Waals surface area contributed by atoms with Crippen molar-refractivity contribution in [3.8, 4) is 0 Å². The molecule has 29 heavy (non-hydrogen) atoms. The molecule has 1 N–H and O–H groups in total. The summed E-state index contributed by atoms with van der Waals surface area (Å²) in [6, 6.07) is 8.02.